The maximum atomic E-state index is 12.8. The maximum absolute atomic E-state index is 12.8. The standard InChI is InChI=1S/C24H27N3O4S/c1-16-11-27(12-17(2)31-16)21-7-5-19(6-8-21)26-24(28)18-4-9-22(23(10-18)29-3)30-13-20-14-32-15-25-20/h4-10,14-17H,11-13H2,1-3H3,(H,26,28). The number of ether oxygens (including phenoxy) is 3. The Kier molecular flexibility index (Phi) is 6.92. The predicted molar refractivity (Wildman–Crippen MR) is 126 cm³/mol. The van der Waals surface area contributed by atoms with Crippen LogP contribution in [0.4, 0.5) is 11.4 Å². The number of hydrogen-bond acceptors (Lipinski definition) is 7. The number of hydrogen-bond donors (Lipinski definition) is 1. The van der Waals surface area contributed by atoms with Gasteiger partial charge in [0.15, 0.2) is 11.5 Å². The number of nitrogens with zero attached hydrogens (tertiary/aromatic N) is 2. The molecule has 8 heteroatoms. The van der Waals surface area contributed by atoms with Gasteiger partial charge in [-0.3, -0.25) is 4.79 Å². The molecule has 32 heavy (non-hydrogen) atoms. The van der Waals surface area contributed by atoms with Gasteiger partial charge in [0.25, 0.3) is 5.91 Å². The number of anilines is 2. The van der Waals surface area contributed by atoms with Crippen molar-refractivity contribution in [3.8, 4) is 11.5 Å². The highest BCUT2D eigenvalue weighted by molar-refractivity contribution is 7.07. The van der Waals surface area contributed by atoms with Gasteiger partial charge in [0.05, 0.1) is 30.5 Å². The fourth-order valence-corrected chi connectivity index (χ4v) is 4.28. The number of aromatic nitrogens is 1. The molecule has 2 atom stereocenters. The minimum Gasteiger partial charge on any atom is -0.493 e. The molecule has 1 aromatic heterocycles. The van der Waals surface area contributed by atoms with Gasteiger partial charge < -0.3 is 24.4 Å². The third kappa shape index (κ3) is 5.38. The SMILES string of the molecule is COc1cc(C(=O)Nc2ccc(N3CC(C)OC(C)C3)cc2)ccc1OCc1cscn1. The van der Waals surface area contributed by atoms with Crippen LogP contribution in [0.1, 0.15) is 29.9 Å². The van der Waals surface area contributed by atoms with Crippen LogP contribution in [-0.2, 0) is 11.3 Å². The number of carbonyl (C=O) groups is 1. The van der Waals surface area contributed by atoms with Crippen LogP contribution in [0, 0.1) is 0 Å². The van der Waals surface area contributed by atoms with Crippen molar-refractivity contribution in [3.63, 3.8) is 0 Å². The molecule has 1 aliphatic heterocycles. The Labute approximate surface area is 191 Å². The Morgan fingerprint density at radius 1 is 1.16 bits per heavy atom. The van der Waals surface area contributed by atoms with Gasteiger partial charge in [-0.1, -0.05) is 0 Å². The number of carbonyl (C=O) groups excluding carboxylic acids is 1. The van der Waals surface area contributed by atoms with Crippen molar-refractivity contribution in [1.29, 1.82) is 0 Å². The van der Waals surface area contributed by atoms with Crippen LogP contribution in [0.15, 0.2) is 53.4 Å². The lowest BCUT2D eigenvalue weighted by Crippen LogP contribution is -2.45. The lowest BCUT2D eigenvalue weighted by molar-refractivity contribution is -0.00521. The summed E-state index contributed by atoms with van der Waals surface area (Å²) in [5, 5.41) is 4.87. The largest absolute Gasteiger partial charge is 0.493 e. The molecule has 168 valence electrons. The molecule has 0 spiro atoms. The minimum absolute atomic E-state index is 0.196. The van der Waals surface area contributed by atoms with E-state index in [1.54, 1.807) is 30.8 Å². The summed E-state index contributed by atoms with van der Waals surface area (Å²) in [5.74, 6) is 0.852. The van der Waals surface area contributed by atoms with Crippen LogP contribution in [-0.4, -0.2) is 43.3 Å². The van der Waals surface area contributed by atoms with Gasteiger partial charge in [0, 0.05) is 35.4 Å². The number of morpholine rings is 1. The smallest absolute Gasteiger partial charge is 0.255 e. The van der Waals surface area contributed by atoms with Crippen LogP contribution in [0.5, 0.6) is 11.5 Å². The molecule has 4 rings (SSSR count). The van der Waals surface area contributed by atoms with E-state index < -0.39 is 0 Å². The van der Waals surface area contributed by atoms with E-state index in [2.05, 4.69) is 29.0 Å². The van der Waals surface area contributed by atoms with Gasteiger partial charge >= 0.3 is 0 Å². The minimum atomic E-state index is -0.212. The molecule has 3 aromatic rings. The van der Waals surface area contributed by atoms with Gasteiger partial charge in [-0.05, 0) is 56.3 Å². The highest BCUT2D eigenvalue weighted by Gasteiger charge is 2.22. The van der Waals surface area contributed by atoms with Crippen molar-refractivity contribution >= 4 is 28.6 Å². The van der Waals surface area contributed by atoms with E-state index in [1.807, 2.05) is 29.6 Å². The number of nitrogens with one attached hydrogen (secondary N) is 1. The van der Waals surface area contributed by atoms with Crippen molar-refractivity contribution in [2.45, 2.75) is 32.7 Å². The molecule has 1 N–H and O–H groups in total. The lowest BCUT2D eigenvalue weighted by Gasteiger charge is -2.36. The normalized spacial score (nSPS) is 18.3. The maximum Gasteiger partial charge on any atom is 0.255 e. The predicted octanol–water partition coefficient (Wildman–Crippen LogP) is 4.60. The number of rotatable bonds is 7. The summed E-state index contributed by atoms with van der Waals surface area (Å²) in [5.41, 5.74) is 4.95. The molecule has 0 saturated carbocycles. The van der Waals surface area contributed by atoms with E-state index in [0.29, 0.717) is 23.7 Å². The van der Waals surface area contributed by atoms with Crippen molar-refractivity contribution in [1.82, 2.24) is 4.98 Å². The Morgan fingerprint density at radius 3 is 2.56 bits per heavy atom. The molecule has 1 amide bonds. The first-order chi connectivity index (χ1) is 15.5. The van der Waals surface area contributed by atoms with Gasteiger partial charge in [-0.25, -0.2) is 4.98 Å². The monoisotopic (exact) mass is 453 g/mol. The summed E-state index contributed by atoms with van der Waals surface area (Å²) in [6, 6.07) is 13.0. The molecular weight excluding hydrogens is 426 g/mol. The first-order valence-electron chi connectivity index (χ1n) is 10.5. The van der Waals surface area contributed by atoms with Gasteiger partial charge in [0.2, 0.25) is 0 Å². The Hall–Kier alpha value is -3.10. The quantitative estimate of drug-likeness (QED) is 0.564. The summed E-state index contributed by atoms with van der Waals surface area (Å²) in [6.45, 7) is 6.22. The van der Waals surface area contributed by atoms with Crippen LogP contribution in [0.3, 0.4) is 0 Å². The summed E-state index contributed by atoms with van der Waals surface area (Å²) < 4.78 is 17.0. The van der Waals surface area contributed by atoms with E-state index >= 15 is 0 Å². The summed E-state index contributed by atoms with van der Waals surface area (Å²) >= 11 is 1.52. The summed E-state index contributed by atoms with van der Waals surface area (Å²) in [6.07, 6.45) is 0.392. The zero-order valence-corrected chi connectivity index (χ0v) is 19.2. The topological polar surface area (TPSA) is 72.9 Å². The third-order valence-corrected chi connectivity index (χ3v) is 5.83. The van der Waals surface area contributed by atoms with Crippen LogP contribution in [0.25, 0.3) is 0 Å². The second-order valence-electron chi connectivity index (χ2n) is 7.80. The number of amides is 1. The second-order valence-corrected chi connectivity index (χ2v) is 8.52. The van der Waals surface area contributed by atoms with Crippen LogP contribution in [0.2, 0.25) is 0 Å². The van der Waals surface area contributed by atoms with Gasteiger partial charge in [0.1, 0.15) is 6.61 Å². The van der Waals surface area contributed by atoms with E-state index in [4.69, 9.17) is 14.2 Å². The Bertz CT molecular complexity index is 1030. The molecule has 0 radical (unpaired) electrons. The zero-order valence-electron chi connectivity index (χ0n) is 18.4. The summed E-state index contributed by atoms with van der Waals surface area (Å²) in [7, 11) is 1.55. The molecule has 1 saturated heterocycles. The molecule has 2 unspecified atom stereocenters. The Morgan fingerprint density at radius 2 is 1.91 bits per heavy atom. The fraction of sp³-hybridized carbons (Fsp3) is 0.333. The number of benzene rings is 2. The molecule has 2 aromatic carbocycles. The molecule has 7 nitrogen and oxygen atoms in total. The highest BCUT2D eigenvalue weighted by atomic mass is 32.1. The first-order valence-corrected chi connectivity index (χ1v) is 11.5. The molecular formula is C24H27N3O4S. The van der Waals surface area contributed by atoms with Crippen molar-refractivity contribution < 1.29 is 19.0 Å². The van der Waals surface area contributed by atoms with E-state index in [-0.39, 0.29) is 18.1 Å². The van der Waals surface area contributed by atoms with Crippen LogP contribution >= 0.6 is 11.3 Å². The second kappa shape index (κ2) is 10.0. The molecule has 0 bridgehead atoms. The summed E-state index contributed by atoms with van der Waals surface area (Å²) in [4.78, 5) is 19.3. The fourth-order valence-electron chi connectivity index (χ4n) is 3.74. The number of methoxy groups -OCH3 is 1. The average Bonchev–Trinajstić information content (AvgIpc) is 3.31. The lowest BCUT2D eigenvalue weighted by atomic mass is 10.1. The molecule has 1 aliphatic rings. The molecule has 2 heterocycles. The Balaban J connectivity index is 1.39. The molecule has 0 aliphatic carbocycles. The van der Waals surface area contributed by atoms with E-state index in [0.717, 1.165) is 30.2 Å². The third-order valence-electron chi connectivity index (χ3n) is 5.19. The highest BCUT2D eigenvalue weighted by Crippen LogP contribution is 2.29. The number of thiazole rings is 1. The van der Waals surface area contributed by atoms with E-state index in [9.17, 15) is 4.79 Å². The van der Waals surface area contributed by atoms with Gasteiger partial charge in [-0.2, -0.15) is 0 Å². The van der Waals surface area contributed by atoms with Crippen LogP contribution < -0.4 is 19.7 Å². The van der Waals surface area contributed by atoms with E-state index in [1.165, 1.54) is 11.3 Å². The van der Waals surface area contributed by atoms with Crippen molar-refractivity contribution in [2.75, 3.05) is 30.4 Å². The average molecular weight is 454 g/mol. The van der Waals surface area contributed by atoms with Crippen molar-refractivity contribution in [3.05, 3.63) is 64.6 Å². The zero-order chi connectivity index (χ0) is 22.5. The first kappa shape index (κ1) is 22.1. The van der Waals surface area contributed by atoms with Crippen molar-refractivity contribution in [2.24, 2.45) is 0 Å². The van der Waals surface area contributed by atoms with Gasteiger partial charge in [-0.15, -0.1) is 11.3 Å². The molecule has 1 fully saturated rings.